The van der Waals surface area contributed by atoms with Gasteiger partial charge in [-0.15, -0.1) is 0 Å². The van der Waals surface area contributed by atoms with Crippen LogP contribution in [0.1, 0.15) is 52.2 Å². The van der Waals surface area contributed by atoms with Crippen LogP contribution in [0.4, 0.5) is 24.5 Å². The summed E-state index contributed by atoms with van der Waals surface area (Å²) in [4.78, 5) is 67.4. The highest BCUT2D eigenvalue weighted by molar-refractivity contribution is 7.18. The van der Waals surface area contributed by atoms with Crippen molar-refractivity contribution < 1.29 is 27.9 Å². The van der Waals surface area contributed by atoms with Gasteiger partial charge in [0.05, 0.1) is 33.0 Å². The minimum atomic E-state index is -4.61. The summed E-state index contributed by atoms with van der Waals surface area (Å²) in [5.41, 5.74) is 0.115. The van der Waals surface area contributed by atoms with Crippen molar-refractivity contribution in [1.29, 1.82) is 0 Å². The molecule has 4 aromatic heterocycles. The van der Waals surface area contributed by atoms with Crippen molar-refractivity contribution in [2.75, 3.05) is 23.3 Å². The third kappa shape index (κ3) is 5.67. The molecule has 0 bridgehead atoms. The molecule has 1 saturated heterocycles. The van der Waals surface area contributed by atoms with Crippen LogP contribution < -0.4 is 15.6 Å². The number of piperazine rings is 1. The standard InChI is InChI=1S/C32H29ClF3N9O4S/c1-4-19-25(43-9-10-44(21-8-7-20(21)43)31(49)24-26(47)14(2)37-13-38-24)27(48)23-29(42-30-28(41-23)39-15(3)50-30)45(19)12-22(46)40-18-6-5-16(11-17(18)33)32(34,35)36/h5-6,11,13,20-21,47H,4,7-10,12H2,1-3H3,(H,40,46)/t20-,21-/m0/s1. The first-order chi connectivity index (χ1) is 23.8. The fourth-order valence-corrected chi connectivity index (χ4v) is 7.63. The number of carbonyl (C=O) groups excluding carboxylic acids is 2. The van der Waals surface area contributed by atoms with Gasteiger partial charge in [0.1, 0.15) is 18.6 Å². The van der Waals surface area contributed by atoms with Gasteiger partial charge in [-0.25, -0.2) is 24.9 Å². The Morgan fingerprint density at radius 1 is 1.10 bits per heavy atom. The number of pyridine rings is 1. The number of nitrogens with zero attached hydrogens (tertiary/aromatic N) is 8. The number of aromatic nitrogens is 6. The fraction of sp³-hybridized carbons (Fsp3) is 0.375. The van der Waals surface area contributed by atoms with E-state index in [2.05, 4.69) is 25.3 Å². The molecule has 2 atom stereocenters. The molecule has 0 unspecified atom stereocenters. The molecule has 2 fully saturated rings. The molecule has 5 aromatic rings. The number of hydrogen-bond acceptors (Lipinski definition) is 11. The molecule has 2 aliphatic rings. The fourth-order valence-electron chi connectivity index (χ4n) is 6.67. The zero-order valence-electron chi connectivity index (χ0n) is 26.9. The van der Waals surface area contributed by atoms with E-state index in [-0.39, 0.29) is 76.4 Å². The molecule has 0 radical (unpaired) electrons. The molecule has 5 heterocycles. The van der Waals surface area contributed by atoms with E-state index in [1.54, 1.807) is 23.3 Å². The molecule has 0 spiro atoms. The van der Waals surface area contributed by atoms with Crippen molar-refractivity contribution >= 4 is 67.8 Å². The van der Waals surface area contributed by atoms with E-state index in [1.807, 2.05) is 11.8 Å². The average Bonchev–Trinajstić information content (AvgIpc) is 3.42. The topological polar surface area (TPSA) is 159 Å². The van der Waals surface area contributed by atoms with Gasteiger partial charge >= 0.3 is 6.18 Å². The first-order valence-corrected chi connectivity index (χ1v) is 16.9. The Morgan fingerprint density at radius 3 is 2.54 bits per heavy atom. The Kier molecular flexibility index (Phi) is 8.37. The van der Waals surface area contributed by atoms with Crippen LogP contribution in [0.5, 0.6) is 5.75 Å². The summed E-state index contributed by atoms with van der Waals surface area (Å²) in [6, 6.07) is 2.12. The number of carbonyl (C=O) groups is 2. The zero-order valence-corrected chi connectivity index (χ0v) is 28.4. The summed E-state index contributed by atoms with van der Waals surface area (Å²) < 4.78 is 41.2. The average molecular weight is 728 g/mol. The van der Waals surface area contributed by atoms with Crippen LogP contribution in [0.3, 0.4) is 0 Å². The summed E-state index contributed by atoms with van der Waals surface area (Å²) in [6.07, 6.45) is -1.74. The van der Waals surface area contributed by atoms with E-state index in [0.717, 1.165) is 18.2 Å². The minimum Gasteiger partial charge on any atom is -0.504 e. The van der Waals surface area contributed by atoms with Gasteiger partial charge in [0.25, 0.3) is 5.91 Å². The van der Waals surface area contributed by atoms with E-state index in [1.165, 1.54) is 17.7 Å². The third-order valence-corrected chi connectivity index (χ3v) is 10.3. The second-order valence-corrected chi connectivity index (χ2v) is 13.7. The van der Waals surface area contributed by atoms with Crippen LogP contribution in [0, 0.1) is 13.8 Å². The lowest BCUT2D eigenvalue weighted by molar-refractivity contribution is -0.137. The number of anilines is 2. The van der Waals surface area contributed by atoms with E-state index in [0.29, 0.717) is 40.5 Å². The molecule has 13 nitrogen and oxygen atoms in total. The zero-order chi connectivity index (χ0) is 35.6. The number of aryl methyl sites for hydroxylation is 2. The third-order valence-electron chi connectivity index (χ3n) is 9.17. The normalized spacial score (nSPS) is 17.6. The number of alkyl halides is 3. The maximum atomic E-state index is 14.4. The van der Waals surface area contributed by atoms with Crippen molar-refractivity contribution in [2.24, 2.45) is 0 Å². The van der Waals surface area contributed by atoms with Gasteiger partial charge in [-0.3, -0.25) is 14.4 Å². The molecule has 7 rings (SSSR count). The molecule has 1 aliphatic carbocycles. The monoisotopic (exact) mass is 727 g/mol. The number of amides is 2. The van der Waals surface area contributed by atoms with Gasteiger partial charge in [0, 0.05) is 24.8 Å². The molecule has 1 aliphatic heterocycles. The minimum absolute atomic E-state index is 0.00567. The van der Waals surface area contributed by atoms with Crippen LogP contribution >= 0.6 is 22.9 Å². The number of thiazole rings is 1. The first kappa shape index (κ1) is 33.6. The molecular weight excluding hydrogens is 699 g/mol. The summed E-state index contributed by atoms with van der Waals surface area (Å²) >= 11 is 7.41. The van der Waals surface area contributed by atoms with Gasteiger partial charge < -0.3 is 24.8 Å². The van der Waals surface area contributed by atoms with Gasteiger partial charge in [-0.05, 0) is 51.3 Å². The van der Waals surface area contributed by atoms with Crippen molar-refractivity contribution in [2.45, 2.75) is 64.8 Å². The predicted molar refractivity (Wildman–Crippen MR) is 180 cm³/mol. The lowest BCUT2D eigenvalue weighted by Gasteiger charge is -2.54. The van der Waals surface area contributed by atoms with E-state index in [4.69, 9.17) is 16.6 Å². The van der Waals surface area contributed by atoms with Crippen molar-refractivity contribution in [3.8, 4) is 5.75 Å². The van der Waals surface area contributed by atoms with E-state index < -0.39 is 29.0 Å². The summed E-state index contributed by atoms with van der Waals surface area (Å²) in [5, 5.41) is 13.5. The highest BCUT2D eigenvalue weighted by Gasteiger charge is 2.47. The molecule has 50 heavy (non-hydrogen) atoms. The molecule has 260 valence electrons. The number of rotatable bonds is 6. The number of benzene rings is 1. The molecule has 1 saturated carbocycles. The van der Waals surface area contributed by atoms with Crippen LogP contribution in [-0.4, -0.2) is 76.5 Å². The summed E-state index contributed by atoms with van der Waals surface area (Å²) in [6.45, 7) is 5.34. The van der Waals surface area contributed by atoms with Crippen molar-refractivity contribution in [1.82, 2.24) is 34.4 Å². The quantitative estimate of drug-likeness (QED) is 0.247. The molecule has 2 N–H and O–H groups in total. The van der Waals surface area contributed by atoms with E-state index >= 15 is 0 Å². The Hall–Kier alpha value is -4.90. The lowest BCUT2D eigenvalue weighted by Crippen LogP contribution is -2.67. The second-order valence-electron chi connectivity index (χ2n) is 12.1. The molecule has 2 amide bonds. The number of nitrogens with one attached hydrogen (secondary N) is 1. The summed E-state index contributed by atoms with van der Waals surface area (Å²) in [7, 11) is 0. The second kappa shape index (κ2) is 12.5. The molecule has 18 heteroatoms. The number of hydrogen-bond donors (Lipinski definition) is 2. The number of aromatic hydroxyl groups is 1. The smallest absolute Gasteiger partial charge is 0.416 e. The maximum Gasteiger partial charge on any atom is 0.416 e. The van der Waals surface area contributed by atoms with Crippen molar-refractivity contribution in [3.05, 3.63) is 67.4 Å². The highest BCUT2D eigenvalue weighted by atomic mass is 35.5. The van der Waals surface area contributed by atoms with Crippen molar-refractivity contribution in [3.63, 3.8) is 0 Å². The van der Waals surface area contributed by atoms with Crippen LogP contribution in [0.2, 0.25) is 5.02 Å². The van der Waals surface area contributed by atoms with Gasteiger partial charge in [-0.1, -0.05) is 29.9 Å². The first-order valence-electron chi connectivity index (χ1n) is 15.7. The largest absolute Gasteiger partial charge is 0.504 e. The lowest BCUT2D eigenvalue weighted by atomic mass is 9.81. The van der Waals surface area contributed by atoms with Crippen LogP contribution in [-0.2, 0) is 23.9 Å². The van der Waals surface area contributed by atoms with E-state index in [9.17, 15) is 32.7 Å². The highest BCUT2D eigenvalue weighted by Crippen LogP contribution is 2.39. The summed E-state index contributed by atoms with van der Waals surface area (Å²) in [5.74, 6) is -1.32. The molecular formula is C32H29ClF3N9O4S. The van der Waals surface area contributed by atoms with Gasteiger partial charge in [-0.2, -0.15) is 13.2 Å². The van der Waals surface area contributed by atoms with Gasteiger partial charge in [0.15, 0.2) is 33.1 Å². The Balaban J connectivity index is 1.28. The molecule has 1 aromatic carbocycles. The predicted octanol–water partition coefficient (Wildman–Crippen LogP) is 4.88. The number of fused-ring (bicyclic) bond motifs is 3. The van der Waals surface area contributed by atoms with Crippen LogP contribution in [0.15, 0.2) is 29.3 Å². The number of halogens is 4. The maximum absolute atomic E-state index is 14.4. The Bertz CT molecular complexity index is 2280. The Labute approximate surface area is 290 Å². The Morgan fingerprint density at radius 2 is 1.86 bits per heavy atom. The SMILES string of the molecule is CCc1c(N2CCN(C(=O)c3ncnc(C)c3O)[C@H]3CC[C@@H]32)c(=O)c2nc3nc(C)sc3nc2n1CC(=O)Nc1ccc(C(F)(F)F)cc1Cl. The van der Waals surface area contributed by atoms with Gasteiger partial charge in [0.2, 0.25) is 11.3 Å². The van der Waals surface area contributed by atoms with Crippen LogP contribution in [0.25, 0.3) is 21.6 Å².